The van der Waals surface area contributed by atoms with Gasteiger partial charge >= 0.3 is 0 Å². The molecule has 0 saturated carbocycles. The van der Waals surface area contributed by atoms with Crippen molar-refractivity contribution < 1.29 is 0 Å². The topological polar surface area (TPSA) is 0 Å². The molecule has 0 bridgehead atoms. The highest BCUT2D eigenvalue weighted by Gasteiger charge is 2.28. The first-order valence-electron chi connectivity index (χ1n) is 5.64. The Hall–Kier alpha value is -0.460. The Bertz CT molecular complexity index is 423. The van der Waals surface area contributed by atoms with Crippen molar-refractivity contribution in [1.82, 2.24) is 0 Å². The van der Waals surface area contributed by atoms with Gasteiger partial charge in [-0.1, -0.05) is 55.3 Å². The molecule has 2 atom stereocenters. The fraction of sp³-hybridized carbons (Fsp3) is 0.429. The minimum Gasteiger partial charge on any atom is -0.0874 e. The van der Waals surface area contributed by atoms with Crippen molar-refractivity contribution >= 4 is 23.2 Å². The Morgan fingerprint density at radius 2 is 2.00 bits per heavy atom. The second-order valence-corrected chi connectivity index (χ2v) is 5.81. The minimum absolute atomic E-state index is 0.103. The number of hydrogen-bond acceptors (Lipinski definition) is 0. The van der Waals surface area contributed by atoms with Crippen molar-refractivity contribution in [3.63, 3.8) is 0 Å². The van der Waals surface area contributed by atoms with E-state index >= 15 is 0 Å². The van der Waals surface area contributed by atoms with Gasteiger partial charge in [0.2, 0.25) is 0 Å². The van der Waals surface area contributed by atoms with Crippen LogP contribution in [0.4, 0.5) is 0 Å². The molecule has 0 aromatic heterocycles. The van der Waals surface area contributed by atoms with Crippen LogP contribution in [0.15, 0.2) is 30.4 Å². The van der Waals surface area contributed by atoms with Crippen molar-refractivity contribution in [3.8, 4) is 0 Å². The zero-order valence-electron chi connectivity index (χ0n) is 9.63. The quantitative estimate of drug-likeness (QED) is 0.602. The number of halogens is 2. The van der Waals surface area contributed by atoms with E-state index in [0.717, 1.165) is 5.92 Å². The third-order valence-electron chi connectivity index (χ3n) is 3.38. The van der Waals surface area contributed by atoms with Gasteiger partial charge in [-0.15, -0.1) is 0 Å². The predicted octanol–water partition coefficient (Wildman–Crippen LogP) is 5.24. The summed E-state index contributed by atoms with van der Waals surface area (Å²) in [4.78, 5) is 0. The molecule has 2 rings (SSSR count). The Kier molecular flexibility index (Phi) is 3.32. The second-order valence-electron chi connectivity index (χ2n) is 4.99. The maximum atomic E-state index is 6.08. The van der Waals surface area contributed by atoms with Crippen LogP contribution in [-0.4, -0.2) is 0 Å². The van der Waals surface area contributed by atoms with E-state index < -0.39 is 0 Å². The van der Waals surface area contributed by atoms with Gasteiger partial charge in [-0.05, 0) is 36.5 Å². The van der Waals surface area contributed by atoms with E-state index in [1.54, 1.807) is 0 Å². The lowest BCUT2D eigenvalue weighted by atomic mass is 9.72. The van der Waals surface area contributed by atoms with Crippen LogP contribution in [-0.2, 0) is 5.41 Å². The van der Waals surface area contributed by atoms with Gasteiger partial charge in [0.05, 0.1) is 10.0 Å². The molecule has 0 aliphatic heterocycles. The third kappa shape index (κ3) is 2.28. The summed E-state index contributed by atoms with van der Waals surface area (Å²) in [6.45, 7) is 4.55. The molecule has 2 unspecified atom stereocenters. The molecule has 1 aliphatic carbocycles. The number of rotatable bonds is 1. The fourth-order valence-electron chi connectivity index (χ4n) is 2.50. The van der Waals surface area contributed by atoms with Crippen LogP contribution < -0.4 is 0 Å². The summed E-state index contributed by atoms with van der Waals surface area (Å²) < 4.78 is 0. The van der Waals surface area contributed by atoms with E-state index in [1.165, 1.54) is 18.4 Å². The lowest BCUT2D eigenvalue weighted by Gasteiger charge is -2.33. The molecule has 1 aromatic carbocycles. The van der Waals surface area contributed by atoms with Crippen molar-refractivity contribution in [3.05, 3.63) is 46.0 Å². The summed E-state index contributed by atoms with van der Waals surface area (Å²) in [5.74, 6) is 0.726. The zero-order chi connectivity index (χ0) is 11.8. The molecule has 0 saturated heterocycles. The normalized spacial score (nSPS) is 29.4. The van der Waals surface area contributed by atoms with Gasteiger partial charge in [-0.25, -0.2) is 0 Å². The lowest BCUT2D eigenvalue weighted by molar-refractivity contribution is 0.396. The Balaban J connectivity index is 2.39. The van der Waals surface area contributed by atoms with E-state index in [2.05, 4.69) is 32.1 Å². The van der Waals surface area contributed by atoms with E-state index in [0.29, 0.717) is 10.0 Å². The molecule has 0 amide bonds. The largest absolute Gasteiger partial charge is 0.0874 e. The van der Waals surface area contributed by atoms with Crippen molar-refractivity contribution in [2.45, 2.75) is 32.1 Å². The molecule has 0 nitrogen and oxygen atoms in total. The van der Waals surface area contributed by atoms with Crippen LogP contribution in [0.3, 0.4) is 0 Å². The maximum Gasteiger partial charge on any atom is 0.0595 e. The summed E-state index contributed by atoms with van der Waals surface area (Å²) in [5.41, 5.74) is 1.36. The highest BCUT2D eigenvalue weighted by atomic mass is 35.5. The molecule has 2 heteroatoms. The first kappa shape index (κ1) is 12.0. The van der Waals surface area contributed by atoms with Gasteiger partial charge in [-0.2, -0.15) is 0 Å². The third-order valence-corrected chi connectivity index (χ3v) is 4.11. The number of benzene rings is 1. The minimum atomic E-state index is 0.103. The van der Waals surface area contributed by atoms with Crippen molar-refractivity contribution in [2.75, 3.05) is 0 Å². The van der Waals surface area contributed by atoms with E-state index in [9.17, 15) is 0 Å². The smallest absolute Gasteiger partial charge is 0.0595 e. The van der Waals surface area contributed by atoms with E-state index in [1.807, 2.05) is 12.1 Å². The van der Waals surface area contributed by atoms with Crippen LogP contribution >= 0.6 is 23.2 Å². The highest BCUT2D eigenvalue weighted by molar-refractivity contribution is 6.42. The van der Waals surface area contributed by atoms with Gasteiger partial charge in [0.1, 0.15) is 0 Å². The van der Waals surface area contributed by atoms with Crippen molar-refractivity contribution in [2.24, 2.45) is 5.92 Å². The number of hydrogen-bond donors (Lipinski definition) is 0. The molecule has 1 aliphatic rings. The lowest BCUT2D eigenvalue weighted by Crippen LogP contribution is -2.25. The summed E-state index contributed by atoms with van der Waals surface area (Å²) in [6.07, 6.45) is 6.92. The van der Waals surface area contributed by atoms with E-state index in [-0.39, 0.29) is 5.41 Å². The molecular formula is C14H16Cl2. The average Bonchev–Trinajstić information content (AvgIpc) is 2.21. The van der Waals surface area contributed by atoms with Crippen LogP contribution in [0.1, 0.15) is 32.3 Å². The Labute approximate surface area is 107 Å². The summed E-state index contributed by atoms with van der Waals surface area (Å²) >= 11 is 12.0. The standard InChI is InChI=1S/C14H16Cl2/c1-10-4-3-7-14(2,9-10)11-5-6-12(15)13(16)8-11/h3,5-8,10H,4,9H2,1-2H3. The summed E-state index contributed by atoms with van der Waals surface area (Å²) in [5, 5.41) is 1.27. The Morgan fingerprint density at radius 1 is 1.25 bits per heavy atom. The predicted molar refractivity (Wildman–Crippen MR) is 71.4 cm³/mol. The molecule has 16 heavy (non-hydrogen) atoms. The molecule has 0 N–H and O–H groups in total. The molecule has 0 spiro atoms. The van der Waals surface area contributed by atoms with Gasteiger partial charge < -0.3 is 0 Å². The molecular weight excluding hydrogens is 239 g/mol. The second kappa shape index (κ2) is 4.43. The molecule has 86 valence electrons. The van der Waals surface area contributed by atoms with Crippen LogP contribution in [0.2, 0.25) is 10.0 Å². The van der Waals surface area contributed by atoms with Gasteiger partial charge in [0.25, 0.3) is 0 Å². The fourth-order valence-corrected chi connectivity index (χ4v) is 2.80. The van der Waals surface area contributed by atoms with E-state index in [4.69, 9.17) is 23.2 Å². The first-order chi connectivity index (χ1) is 7.51. The van der Waals surface area contributed by atoms with Gasteiger partial charge in [0, 0.05) is 5.41 Å². The molecule has 0 fully saturated rings. The van der Waals surface area contributed by atoms with Gasteiger partial charge in [0.15, 0.2) is 0 Å². The zero-order valence-corrected chi connectivity index (χ0v) is 11.1. The van der Waals surface area contributed by atoms with Crippen molar-refractivity contribution in [1.29, 1.82) is 0 Å². The first-order valence-corrected chi connectivity index (χ1v) is 6.40. The molecule has 1 aromatic rings. The number of allylic oxidation sites excluding steroid dienone is 2. The van der Waals surface area contributed by atoms with Crippen LogP contribution in [0, 0.1) is 5.92 Å². The average molecular weight is 255 g/mol. The van der Waals surface area contributed by atoms with Crippen LogP contribution in [0.5, 0.6) is 0 Å². The molecule has 0 radical (unpaired) electrons. The monoisotopic (exact) mass is 254 g/mol. The SMILES string of the molecule is CC1CC=CC(C)(c2ccc(Cl)c(Cl)c2)C1. The van der Waals surface area contributed by atoms with Crippen LogP contribution in [0.25, 0.3) is 0 Å². The van der Waals surface area contributed by atoms with Gasteiger partial charge in [-0.3, -0.25) is 0 Å². The highest BCUT2D eigenvalue weighted by Crippen LogP contribution is 2.39. The summed E-state index contributed by atoms with van der Waals surface area (Å²) in [7, 11) is 0. The molecule has 0 heterocycles. The maximum absolute atomic E-state index is 6.08. The summed E-state index contributed by atoms with van der Waals surface area (Å²) in [6, 6.07) is 5.96. The Morgan fingerprint density at radius 3 is 2.62 bits per heavy atom.